The van der Waals surface area contributed by atoms with Crippen LogP contribution in [0.25, 0.3) is 0 Å². The maximum absolute atomic E-state index is 5.94. The molecule has 0 saturated heterocycles. The van der Waals surface area contributed by atoms with Crippen LogP contribution in [0.5, 0.6) is 5.75 Å². The Morgan fingerprint density at radius 2 is 2.17 bits per heavy atom. The van der Waals surface area contributed by atoms with Crippen molar-refractivity contribution in [1.82, 2.24) is 10.6 Å². The molecule has 132 valence electrons. The first kappa shape index (κ1) is 17.1. The third-order valence-corrected chi connectivity index (χ3v) is 4.32. The minimum Gasteiger partial charge on any atom is -0.488 e. The van der Waals surface area contributed by atoms with E-state index in [9.17, 15) is 0 Å². The molecule has 1 unspecified atom stereocenters. The Hall–Kier alpha value is -1.75. The number of rotatable bonds is 9. The van der Waals surface area contributed by atoms with Crippen LogP contribution in [-0.2, 0) is 11.2 Å². The standard InChI is InChI=1S/C19H29N3O2/c1-2-20-19(21-10-5-11-23-14-15-8-9-15)22-13-17-12-16-6-3-4-7-18(16)24-17/h3-4,6-7,15,17H,2,5,8-14H2,1H3,(H2,20,21,22). The number of guanidine groups is 1. The zero-order valence-corrected chi connectivity index (χ0v) is 14.6. The van der Waals surface area contributed by atoms with Gasteiger partial charge in [-0.25, -0.2) is 4.99 Å². The van der Waals surface area contributed by atoms with Crippen molar-refractivity contribution in [1.29, 1.82) is 0 Å². The highest BCUT2D eigenvalue weighted by atomic mass is 16.5. The van der Waals surface area contributed by atoms with Gasteiger partial charge in [0.2, 0.25) is 0 Å². The highest BCUT2D eigenvalue weighted by molar-refractivity contribution is 5.79. The highest BCUT2D eigenvalue weighted by Gasteiger charge is 2.22. The van der Waals surface area contributed by atoms with Crippen LogP contribution in [-0.4, -0.2) is 44.9 Å². The van der Waals surface area contributed by atoms with Crippen molar-refractivity contribution in [3.05, 3.63) is 29.8 Å². The van der Waals surface area contributed by atoms with Gasteiger partial charge in [-0.3, -0.25) is 0 Å². The number of benzene rings is 1. The van der Waals surface area contributed by atoms with Crippen LogP contribution >= 0.6 is 0 Å². The minimum atomic E-state index is 0.139. The highest BCUT2D eigenvalue weighted by Crippen LogP contribution is 2.29. The molecule has 0 bridgehead atoms. The summed E-state index contributed by atoms with van der Waals surface area (Å²) in [5.41, 5.74) is 1.28. The topological polar surface area (TPSA) is 54.9 Å². The Labute approximate surface area is 144 Å². The van der Waals surface area contributed by atoms with Crippen LogP contribution in [0.1, 0.15) is 31.7 Å². The summed E-state index contributed by atoms with van der Waals surface area (Å²) in [7, 11) is 0. The second-order valence-electron chi connectivity index (χ2n) is 6.57. The van der Waals surface area contributed by atoms with Gasteiger partial charge in [-0.15, -0.1) is 0 Å². The molecule has 0 amide bonds. The molecular formula is C19H29N3O2. The molecule has 1 saturated carbocycles. The fourth-order valence-electron chi connectivity index (χ4n) is 2.81. The second kappa shape index (κ2) is 8.92. The number of hydrogen-bond donors (Lipinski definition) is 2. The van der Waals surface area contributed by atoms with Gasteiger partial charge in [0, 0.05) is 32.7 Å². The number of nitrogens with zero attached hydrogens (tertiary/aromatic N) is 1. The number of nitrogens with one attached hydrogen (secondary N) is 2. The third kappa shape index (κ3) is 5.41. The lowest BCUT2D eigenvalue weighted by atomic mass is 10.1. The largest absolute Gasteiger partial charge is 0.488 e. The summed E-state index contributed by atoms with van der Waals surface area (Å²) in [6, 6.07) is 8.24. The average Bonchev–Trinajstić information content (AvgIpc) is 3.32. The smallest absolute Gasteiger partial charge is 0.191 e. The minimum absolute atomic E-state index is 0.139. The fraction of sp³-hybridized carbons (Fsp3) is 0.632. The summed E-state index contributed by atoms with van der Waals surface area (Å²) in [6.07, 6.45) is 4.78. The maximum atomic E-state index is 5.94. The van der Waals surface area contributed by atoms with E-state index in [1.807, 2.05) is 12.1 Å². The van der Waals surface area contributed by atoms with Crippen molar-refractivity contribution in [3.63, 3.8) is 0 Å². The molecule has 0 spiro atoms. The number of para-hydroxylation sites is 1. The molecule has 0 aromatic heterocycles. The summed E-state index contributed by atoms with van der Waals surface area (Å²) < 4.78 is 11.6. The van der Waals surface area contributed by atoms with Gasteiger partial charge in [0.15, 0.2) is 5.96 Å². The summed E-state index contributed by atoms with van der Waals surface area (Å²) in [6.45, 7) is 6.25. The first-order chi connectivity index (χ1) is 11.8. The molecular weight excluding hydrogens is 302 g/mol. The van der Waals surface area contributed by atoms with Gasteiger partial charge in [0.05, 0.1) is 6.54 Å². The van der Waals surface area contributed by atoms with E-state index in [0.29, 0.717) is 6.54 Å². The molecule has 1 fully saturated rings. The molecule has 1 aromatic rings. The van der Waals surface area contributed by atoms with Gasteiger partial charge < -0.3 is 20.1 Å². The molecule has 1 heterocycles. The van der Waals surface area contributed by atoms with Crippen LogP contribution in [0.4, 0.5) is 0 Å². The van der Waals surface area contributed by atoms with Crippen LogP contribution < -0.4 is 15.4 Å². The molecule has 2 aliphatic rings. The Morgan fingerprint density at radius 3 is 2.96 bits per heavy atom. The van der Waals surface area contributed by atoms with Gasteiger partial charge in [0.1, 0.15) is 11.9 Å². The predicted octanol–water partition coefficient (Wildman–Crippen LogP) is 2.36. The second-order valence-corrected chi connectivity index (χ2v) is 6.57. The van der Waals surface area contributed by atoms with Crippen molar-refractivity contribution in [3.8, 4) is 5.75 Å². The monoisotopic (exact) mass is 331 g/mol. The quantitative estimate of drug-likeness (QED) is 0.414. The zero-order chi connectivity index (χ0) is 16.6. The first-order valence-corrected chi connectivity index (χ1v) is 9.19. The van der Waals surface area contributed by atoms with Crippen LogP contribution in [0, 0.1) is 5.92 Å². The molecule has 5 heteroatoms. The molecule has 0 radical (unpaired) electrons. The van der Waals surface area contributed by atoms with E-state index in [2.05, 4.69) is 34.7 Å². The van der Waals surface area contributed by atoms with Gasteiger partial charge >= 0.3 is 0 Å². The lowest BCUT2D eigenvalue weighted by Crippen LogP contribution is -2.39. The Balaban J connectivity index is 1.35. The van der Waals surface area contributed by atoms with E-state index in [-0.39, 0.29) is 6.10 Å². The summed E-state index contributed by atoms with van der Waals surface area (Å²) >= 11 is 0. The van der Waals surface area contributed by atoms with Crippen molar-refractivity contribution < 1.29 is 9.47 Å². The van der Waals surface area contributed by atoms with Gasteiger partial charge in [0.25, 0.3) is 0 Å². The SMILES string of the molecule is CCNC(=NCC1Cc2ccccc2O1)NCCCOCC1CC1. The van der Waals surface area contributed by atoms with Crippen LogP contribution in [0.3, 0.4) is 0 Å². The van der Waals surface area contributed by atoms with Gasteiger partial charge in [-0.1, -0.05) is 18.2 Å². The summed E-state index contributed by atoms with van der Waals surface area (Å²) in [5.74, 6) is 2.70. The molecule has 3 rings (SSSR count). The number of fused-ring (bicyclic) bond motifs is 1. The van der Waals surface area contributed by atoms with Crippen LogP contribution in [0.15, 0.2) is 29.3 Å². The van der Waals surface area contributed by atoms with Crippen molar-refractivity contribution in [2.24, 2.45) is 10.9 Å². The number of hydrogen-bond acceptors (Lipinski definition) is 3. The summed E-state index contributed by atoms with van der Waals surface area (Å²) in [5, 5.41) is 6.66. The van der Waals surface area contributed by atoms with Crippen molar-refractivity contribution >= 4 is 5.96 Å². The van der Waals surface area contributed by atoms with Crippen molar-refractivity contribution in [2.45, 2.75) is 38.7 Å². The molecule has 1 aliphatic carbocycles. The molecule has 2 N–H and O–H groups in total. The van der Waals surface area contributed by atoms with E-state index >= 15 is 0 Å². The van der Waals surface area contributed by atoms with E-state index in [1.54, 1.807) is 0 Å². The molecule has 1 aliphatic heterocycles. The third-order valence-electron chi connectivity index (χ3n) is 4.32. The van der Waals surface area contributed by atoms with Gasteiger partial charge in [-0.05, 0) is 43.7 Å². The maximum Gasteiger partial charge on any atom is 0.191 e. The molecule has 5 nitrogen and oxygen atoms in total. The Kier molecular flexibility index (Phi) is 6.35. The predicted molar refractivity (Wildman–Crippen MR) is 96.7 cm³/mol. The van der Waals surface area contributed by atoms with Crippen LogP contribution in [0.2, 0.25) is 0 Å². The molecule has 1 atom stereocenters. The molecule has 1 aromatic carbocycles. The number of aliphatic imine (C=N–C) groups is 1. The normalized spacial score (nSPS) is 19.7. The van der Waals surface area contributed by atoms with Crippen molar-refractivity contribution in [2.75, 3.05) is 32.8 Å². The average molecular weight is 331 g/mol. The van der Waals surface area contributed by atoms with Gasteiger partial charge in [-0.2, -0.15) is 0 Å². The Bertz CT molecular complexity index is 518. The lowest BCUT2D eigenvalue weighted by Gasteiger charge is -2.13. The molecule has 24 heavy (non-hydrogen) atoms. The Morgan fingerprint density at radius 1 is 1.29 bits per heavy atom. The van der Waals surface area contributed by atoms with E-state index in [0.717, 1.165) is 56.8 Å². The zero-order valence-electron chi connectivity index (χ0n) is 14.6. The van der Waals surface area contributed by atoms with E-state index < -0.39 is 0 Å². The summed E-state index contributed by atoms with van der Waals surface area (Å²) in [4.78, 5) is 4.66. The van der Waals surface area contributed by atoms with E-state index in [4.69, 9.17) is 9.47 Å². The lowest BCUT2D eigenvalue weighted by molar-refractivity contribution is 0.123. The first-order valence-electron chi connectivity index (χ1n) is 9.19. The van der Waals surface area contributed by atoms with E-state index in [1.165, 1.54) is 18.4 Å². The fourth-order valence-corrected chi connectivity index (χ4v) is 2.81. The number of ether oxygens (including phenoxy) is 2.